The first-order chi connectivity index (χ1) is 9.51. The van der Waals surface area contributed by atoms with Gasteiger partial charge in [0.15, 0.2) is 0 Å². The number of nitro benzene ring substituents is 1. The molecule has 1 N–H and O–H groups in total. The molecule has 0 radical (unpaired) electrons. The third-order valence-electron chi connectivity index (χ3n) is 2.99. The van der Waals surface area contributed by atoms with E-state index in [1.54, 1.807) is 6.07 Å². The van der Waals surface area contributed by atoms with E-state index >= 15 is 0 Å². The van der Waals surface area contributed by atoms with Gasteiger partial charge >= 0.3 is 0 Å². The summed E-state index contributed by atoms with van der Waals surface area (Å²) in [5.74, 6) is 0. The van der Waals surface area contributed by atoms with Gasteiger partial charge in [-0.15, -0.1) is 0 Å². The quantitative estimate of drug-likeness (QED) is 0.677. The highest BCUT2D eigenvalue weighted by molar-refractivity contribution is 5.67. The number of nitrogens with one attached hydrogen (secondary N) is 1. The van der Waals surface area contributed by atoms with Crippen molar-refractivity contribution in [2.75, 3.05) is 5.32 Å². The maximum Gasteiger partial charge on any atom is 0.289 e. The zero-order chi connectivity index (χ0) is 14.7. The van der Waals surface area contributed by atoms with Gasteiger partial charge in [0.2, 0.25) is 0 Å². The summed E-state index contributed by atoms with van der Waals surface area (Å²) < 4.78 is 0. The Balaban J connectivity index is 2.40. The largest absolute Gasteiger partial charge is 0.355 e. The van der Waals surface area contributed by atoms with E-state index in [2.05, 4.69) is 5.32 Å². The van der Waals surface area contributed by atoms with E-state index in [4.69, 9.17) is 5.26 Å². The molecular weight excluding hydrogens is 254 g/mol. The Morgan fingerprint density at radius 2 is 1.95 bits per heavy atom. The normalized spacial score (nSPS) is 9.85. The lowest BCUT2D eigenvalue weighted by atomic mass is 10.1. The van der Waals surface area contributed by atoms with E-state index in [0.29, 0.717) is 5.69 Å². The molecule has 0 heterocycles. The summed E-state index contributed by atoms with van der Waals surface area (Å²) in [5.41, 5.74) is 3.49. The van der Waals surface area contributed by atoms with Crippen molar-refractivity contribution < 1.29 is 4.92 Å². The van der Waals surface area contributed by atoms with Crippen LogP contribution >= 0.6 is 0 Å². The molecule has 2 aromatic carbocycles. The van der Waals surface area contributed by atoms with Crippen molar-refractivity contribution in [3.63, 3.8) is 0 Å². The minimum Gasteiger partial charge on any atom is -0.355 e. The Labute approximate surface area is 116 Å². The molecule has 0 aliphatic rings. The van der Waals surface area contributed by atoms with Crippen LogP contribution < -0.4 is 5.32 Å². The van der Waals surface area contributed by atoms with Crippen LogP contribution in [-0.4, -0.2) is 4.92 Å². The van der Waals surface area contributed by atoms with Gasteiger partial charge in [0.25, 0.3) is 5.69 Å². The number of benzene rings is 2. The molecule has 2 aromatic rings. The van der Waals surface area contributed by atoms with Gasteiger partial charge in [0, 0.05) is 17.4 Å². The lowest BCUT2D eigenvalue weighted by molar-refractivity contribution is -0.385. The SMILES string of the molecule is Cc1ccc(C)c(Nc2ccc(C#N)c([N+](=O)[O-])c2)c1. The molecule has 0 aliphatic carbocycles. The molecule has 0 unspecified atom stereocenters. The number of hydrogen-bond donors (Lipinski definition) is 1. The summed E-state index contributed by atoms with van der Waals surface area (Å²) in [7, 11) is 0. The Bertz CT molecular complexity index is 718. The second kappa shape index (κ2) is 5.41. The van der Waals surface area contributed by atoms with E-state index < -0.39 is 4.92 Å². The highest BCUT2D eigenvalue weighted by Crippen LogP contribution is 2.26. The summed E-state index contributed by atoms with van der Waals surface area (Å²) in [6, 6.07) is 12.3. The topological polar surface area (TPSA) is 79.0 Å². The smallest absolute Gasteiger partial charge is 0.289 e. The van der Waals surface area contributed by atoms with Crippen LogP contribution in [0.2, 0.25) is 0 Å². The maximum absolute atomic E-state index is 10.9. The molecule has 20 heavy (non-hydrogen) atoms. The van der Waals surface area contributed by atoms with Gasteiger partial charge in [-0.3, -0.25) is 10.1 Å². The first-order valence-electron chi connectivity index (χ1n) is 6.04. The number of nitro groups is 1. The minimum absolute atomic E-state index is 0.0570. The second-order valence-electron chi connectivity index (χ2n) is 4.54. The van der Waals surface area contributed by atoms with Gasteiger partial charge in [0.1, 0.15) is 11.6 Å². The minimum atomic E-state index is -0.549. The van der Waals surface area contributed by atoms with E-state index in [1.165, 1.54) is 12.1 Å². The third-order valence-corrected chi connectivity index (χ3v) is 2.99. The van der Waals surface area contributed by atoms with Crippen molar-refractivity contribution in [3.8, 4) is 6.07 Å². The number of nitrogens with zero attached hydrogens (tertiary/aromatic N) is 2. The molecule has 5 nitrogen and oxygen atoms in total. The predicted octanol–water partition coefficient (Wildman–Crippen LogP) is 3.83. The predicted molar refractivity (Wildman–Crippen MR) is 77.0 cm³/mol. The fourth-order valence-corrected chi connectivity index (χ4v) is 1.88. The summed E-state index contributed by atoms with van der Waals surface area (Å²) in [5, 5.41) is 22.9. The Morgan fingerprint density at radius 1 is 1.20 bits per heavy atom. The van der Waals surface area contributed by atoms with Gasteiger partial charge in [-0.1, -0.05) is 12.1 Å². The van der Waals surface area contributed by atoms with Gasteiger partial charge in [-0.05, 0) is 43.2 Å². The van der Waals surface area contributed by atoms with Crippen LogP contribution in [0.5, 0.6) is 0 Å². The van der Waals surface area contributed by atoms with Crippen molar-refractivity contribution in [1.29, 1.82) is 5.26 Å². The molecule has 0 atom stereocenters. The molecule has 0 bridgehead atoms. The molecule has 0 saturated carbocycles. The van der Waals surface area contributed by atoms with Crippen LogP contribution in [0.25, 0.3) is 0 Å². The number of hydrogen-bond acceptors (Lipinski definition) is 4. The highest BCUT2D eigenvalue weighted by Gasteiger charge is 2.14. The van der Waals surface area contributed by atoms with Crippen LogP contribution in [0.4, 0.5) is 17.1 Å². The average Bonchev–Trinajstić information content (AvgIpc) is 2.42. The van der Waals surface area contributed by atoms with Crippen molar-refractivity contribution in [3.05, 3.63) is 63.2 Å². The monoisotopic (exact) mass is 267 g/mol. The molecule has 5 heteroatoms. The van der Waals surface area contributed by atoms with E-state index in [-0.39, 0.29) is 11.3 Å². The zero-order valence-corrected chi connectivity index (χ0v) is 11.2. The highest BCUT2D eigenvalue weighted by atomic mass is 16.6. The van der Waals surface area contributed by atoms with Gasteiger partial charge < -0.3 is 5.32 Å². The van der Waals surface area contributed by atoms with E-state index in [0.717, 1.165) is 16.8 Å². The third kappa shape index (κ3) is 2.75. The second-order valence-corrected chi connectivity index (χ2v) is 4.54. The molecule has 0 aliphatic heterocycles. The van der Waals surface area contributed by atoms with Crippen LogP contribution in [-0.2, 0) is 0 Å². The molecule has 0 saturated heterocycles. The van der Waals surface area contributed by atoms with E-state index in [9.17, 15) is 10.1 Å². The standard InChI is InChI=1S/C15H13N3O2/c1-10-3-4-11(2)14(7-10)17-13-6-5-12(9-16)15(8-13)18(19)20/h3-8,17H,1-2H3. The zero-order valence-electron chi connectivity index (χ0n) is 11.2. The lowest BCUT2D eigenvalue weighted by Gasteiger charge is -2.10. The first-order valence-corrected chi connectivity index (χ1v) is 6.04. The first kappa shape index (κ1) is 13.6. The Kier molecular flexibility index (Phi) is 3.67. The van der Waals surface area contributed by atoms with E-state index in [1.807, 2.05) is 38.1 Å². The molecule has 0 aromatic heterocycles. The number of anilines is 2. The fourth-order valence-electron chi connectivity index (χ4n) is 1.88. The van der Waals surface area contributed by atoms with Crippen LogP contribution in [0.15, 0.2) is 36.4 Å². The van der Waals surface area contributed by atoms with Crippen LogP contribution in [0.3, 0.4) is 0 Å². The number of aryl methyl sites for hydroxylation is 2. The molecule has 2 rings (SSSR count). The number of nitriles is 1. The maximum atomic E-state index is 10.9. The molecular formula is C15H13N3O2. The molecule has 0 spiro atoms. The van der Waals surface area contributed by atoms with Gasteiger partial charge in [-0.2, -0.15) is 5.26 Å². The molecule has 100 valence electrons. The lowest BCUT2D eigenvalue weighted by Crippen LogP contribution is -1.97. The summed E-state index contributed by atoms with van der Waals surface area (Å²) in [4.78, 5) is 10.4. The van der Waals surface area contributed by atoms with Crippen molar-refractivity contribution in [2.24, 2.45) is 0 Å². The Morgan fingerprint density at radius 3 is 2.60 bits per heavy atom. The summed E-state index contributed by atoms with van der Waals surface area (Å²) in [6.07, 6.45) is 0. The average molecular weight is 267 g/mol. The Hall–Kier alpha value is -2.87. The van der Waals surface area contributed by atoms with Crippen molar-refractivity contribution in [1.82, 2.24) is 0 Å². The summed E-state index contributed by atoms with van der Waals surface area (Å²) in [6.45, 7) is 3.94. The van der Waals surface area contributed by atoms with Crippen molar-refractivity contribution in [2.45, 2.75) is 13.8 Å². The number of rotatable bonds is 3. The van der Waals surface area contributed by atoms with Crippen molar-refractivity contribution >= 4 is 17.1 Å². The molecule has 0 fully saturated rings. The van der Waals surface area contributed by atoms with Gasteiger partial charge in [-0.25, -0.2) is 0 Å². The molecule has 0 amide bonds. The summed E-state index contributed by atoms with van der Waals surface area (Å²) >= 11 is 0. The van der Waals surface area contributed by atoms with Crippen LogP contribution in [0, 0.1) is 35.3 Å². The van der Waals surface area contributed by atoms with Gasteiger partial charge in [0.05, 0.1) is 4.92 Å². The fraction of sp³-hybridized carbons (Fsp3) is 0.133. The van der Waals surface area contributed by atoms with Crippen LogP contribution in [0.1, 0.15) is 16.7 Å².